The van der Waals surface area contributed by atoms with Crippen LogP contribution in [0.3, 0.4) is 0 Å². The Kier molecular flexibility index (Phi) is 6.89. The van der Waals surface area contributed by atoms with Crippen LogP contribution >= 0.6 is 0 Å². The van der Waals surface area contributed by atoms with E-state index in [1.165, 1.54) is 5.56 Å². The van der Waals surface area contributed by atoms with Gasteiger partial charge in [-0.1, -0.05) is 12.1 Å². The topological polar surface area (TPSA) is 24.5 Å². The predicted octanol–water partition coefficient (Wildman–Crippen LogP) is 2.56. The summed E-state index contributed by atoms with van der Waals surface area (Å²) in [6.45, 7) is 5.58. The Labute approximate surface area is 118 Å². The Bertz CT molecular complexity index is 348. The van der Waals surface area contributed by atoms with Crippen molar-refractivity contribution in [2.24, 2.45) is 0 Å². The monoisotopic (exact) mass is 264 g/mol. The van der Waals surface area contributed by atoms with Crippen LogP contribution in [0.2, 0.25) is 0 Å². The molecule has 0 spiro atoms. The van der Waals surface area contributed by atoms with Crippen molar-refractivity contribution in [1.29, 1.82) is 0 Å². The minimum atomic E-state index is 0.529. The number of benzene rings is 1. The van der Waals surface area contributed by atoms with Crippen LogP contribution in [0.4, 0.5) is 0 Å². The summed E-state index contributed by atoms with van der Waals surface area (Å²) in [6.07, 6.45) is 2.26. The van der Waals surface area contributed by atoms with Gasteiger partial charge < -0.3 is 15.0 Å². The summed E-state index contributed by atoms with van der Waals surface area (Å²) in [5.41, 5.74) is 1.37. The molecule has 0 saturated heterocycles. The van der Waals surface area contributed by atoms with Crippen LogP contribution in [0.5, 0.6) is 5.75 Å². The Balaban J connectivity index is 2.30. The molecule has 1 rings (SSSR count). The number of nitrogens with one attached hydrogen (secondary N) is 1. The van der Waals surface area contributed by atoms with E-state index in [0.717, 1.165) is 25.1 Å². The molecule has 0 amide bonds. The standard InChI is InChI=1S/C16H28N2O/c1-13(17-14(2)12-18(3)4)6-7-15-8-10-16(19-5)11-9-15/h8-11,13-14,17H,6-7,12H2,1-5H3. The van der Waals surface area contributed by atoms with Crippen LogP contribution < -0.4 is 10.1 Å². The van der Waals surface area contributed by atoms with E-state index in [0.29, 0.717) is 12.1 Å². The highest BCUT2D eigenvalue weighted by Crippen LogP contribution is 2.13. The van der Waals surface area contributed by atoms with E-state index in [1.54, 1.807) is 7.11 Å². The number of nitrogens with zero attached hydrogens (tertiary/aromatic N) is 1. The summed E-state index contributed by atoms with van der Waals surface area (Å²) in [6, 6.07) is 9.42. The molecule has 0 aliphatic heterocycles. The maximum Gasteiger partial charge on any atom is 0.118 e. The first-order valence-corrected chi connectivity index (χ1v) is 7.05. The van der Waals surface area contributed by atoms with Gasteiger partial charge in [0.05, 0.1) is 7.11 Å². The van der Waals surface area contributed by atoms with Gasteiger partial charge in [0.25, 0.3) is 0 Å². The number of methoxy groups -OCH3 is 1. The van der Waals surface area contributed by atoms with Crippen molar-refractivity contribution in [2.45, 2.75) is 38.8 Å². The molecule has 0 aliphatic rings. The number of aryl methyl sites for hydroxylation is 1. The van der Waals surface area contributed by atoms with Crippen molar-refractivity contribution in [3.8, 4) is 5.75 Å². The number of likely N-dealkylation sites (N-methyl/N-ethyl adjacent to an activating group) is 1. The summed E-state index contributed by atoms with van der Waals surface area (Å²) in [5, 5.41) is 3.64. The third-order valence-electron chi connectivity index (χ3n) is 3.23. The molecule has 1 N–H and O–H groups in total. The molecule has 0 radical (unpaired) electrons. The van der Waals surface area contributed by atoms with Crippen molar-refractivity contribution >= 4 is 0 Å². The van der Waals surface area contributed by atoms with Crippen molar-refractivity contribution < 1.29 is 4.74 Å². The van der Waals surface area contributed by atoms with E-state index in [9.17, 15) is 0 Å². The Hall–Kier alpha value is -1.06. The van der Waals surface area contributed by atoms with E-state index in [4.69, 9.17) is 4.74 Å². The fourth-order valence-electron chi connectivity index (χ4n) is 2.34. The molecule has 1 aromatic carbocycles. The molecule has 0 bridgehead atoms. The molecule has 0 aliphatic carbocycles. The molecule has 0 aromatic heterocycles. The fourth-order valence-corrected chi connectivity index (χ4v) is 2.34. The molecular weight excluding hydrogens is 236 g/mol. The minimum absolute atomic E-state index is 0.529. The lowest BCUT2D eigenvalue weighted by Crippen LogP contribution is -2.40. The SMILES string of the molecule is COc1ccc(CCC(C)NC(C)CN(C)C)cc1. The summed E-state index contributed by atoms with van der Waals surface area (Å²) < 4.78 is 5.17. The normalized spacial score (nSPS) is 14.4. The Morgan fingerprint density at radius 2 is 1.74 bits per heavy atom. The Morgan fingerprint density at radius 1 is 1.11 bits per heavy atom. The van der Waals surface area contributed by atoms with E-state index in [1.807, 2.05) is 12.1 Å². The fraction of sp³-hybridized carbons (Fsp3) is 0.625. The first-order chi connectivity index (χ1) is 9.01. The third kappa shape index (κ3) is 6.60. The van der Waals surface area contributed by atoms with Crippen molar-refractivity contribution in [3.63, 3.8) is 0 Å². The smallest absolute Gasteiger partial charge is 0.118 e. The summed E-state index contributed by atoms with van der Waals surface area (Å²) >= 11 is 0. The molecular formula is C16H28N2O. The Morgan fingerprint density at radius 3 is 2.26 bits per heavy atom. The number of hydrogen-bond donors (Lipinski definition) is 1. The largest absolute Gasteiger partial charge is 0.497 e. The molecule has 0 saturated carbocycles. The summed E-state index contributed by atoms with van der Waals surface area (Å²) in [7, 11) is 5.92. The second-order valence-corrected chi connectivity index (χ2v) is 5.62. The molecule has 2 atom stereocenters. The van der Waals surface area contributed by atoms with Gasteiger partial charge in [0, 0.05) is 18.6 Å². The lowest BCUT2D eigenvalue weighted by atomic mass is 10.1. The summed E-state index contributed by atoms with van der Waals surface area (Å²) in [4.78, 5) is 2.22. The highest BCUT2D eigenvalue weighted by molar-refractivity contribution is 5.27. The van der Waals surface area contributed by atoms with Crippen molar-refractivity contribution in [3.05, 3.63) is 29.8 Å². The lowest BCUT2D eigenvalue weighted by molar-refractivity contribution is 0.328. The molecule has 3 heteroatoms. The zero-order chi connectivity index (χ0) is 14.3. The third-order valence-corrected chi connectivity index (χ3v) is 3.23. The molecule has 0 fully saturated rings. The predicted molar refractivity (Wildman–Crippen MR) is 81.9 cm³/mol. The van der Waals surface area contributed by atoms with Crippen LogP contribution in [0, 0.1) is 0 Å². The second-order valence-electron chi connectivity index (χ2n) is 5.62. The summed E-state index contributed by atoms with van der Waals surface area (Å²) in [5.74, 6) is 0.925. The van der Waals surface area contributed by atoms with Gasteiger partial charge in [0.15, 0.2) is 0 Å². The zero-order valence-electron chi connectivity index (χ0n) is 12.9. The van der Waals surface area contributed by atoms with E-state index < -0.39 is 0 Å². The molecule has 108 valence electrons. The minimum Gasteiger partial charge on any atom is -0.497 e. The van der Waals surface area contributed by atoms with Gasteiger partial charge in [0.2, 0.25) is 0 Å². The van der Waals surface area contributed by atoms with Crippen LogP contribution in [-0.2, 0) is 6.42 Å². The van der Waals surface area contributed by atoms with Gasteiger partial charge in [-0.15, -0.1) is 0 Å². The molecule has 2 unspecified atom stereocenters. The van der Waals surface area contributed by atoms with Gasteiger partial charge in [-0.05, 0) is 58.5 Å². The first kappa shape index (κ1) is 16.0. The van der Waals surface area contributed by atoms with Crippen LogP contribution in [-0.4, -0.2) is 44.7 Å². The van der Waals surface area contributed by atoms with Gasteiger partial charge in [0.1, 0.15) is 5.75 Å². The van der Waals surface area contributed by atoms with Gasteiger partial charge in [-0.3, -0.25) is 0 Å². The number of hydrogen-bond acceptors (Lipinski definition) is 3. The molecule has 19 heavy (non-hydrogen) atoms. The van der Waals surface area contributed by atoms with Gasteiger partial charge in [-0.25, -0.2) is 0 Å². The quantitative estimate of drug-likeness (QED) is 0.781. The average molecular weight is 264 g/mol. The first-order valence-electron chi connectivity index (χ1n) is 7.05. The highest BCUT2D eigenvalue weighted by Gasteiger charge is 2.08. The van der Waals surface area contributed by atoms with Crippen LogP contribution in [0.15, 0.2) is 24.3 Å². The van der Waals surface area contributed by atoms with Crippen molar-refractivity contribution in [1.82, 2.24) is 10.2 Å². The highest BCUT2D eigenvalue weighted by atomic mass is 16.5. The lowest BCUT2D eigenvalue weighted by Gasteiger charge is -2.22. The maximum atomic E-state index is 5.17. The number of rotatable bonds is 8. The molecule has 1 aromatic rings. The second kappa shape index (κ2) is 8.18. The number of ether oxygens (including phenoxy) is 1. The zero-order valence-corrected chi connectivity index (χ0v) is 12.9. The van der Waals surface area contributed by atoms with E-state index in [-0.39, 0.29) is 0 Å². The average Bonchev–Trinajstić information content (AvgIpc) is 2.36. The molecule has 0 heterocycles. The van der Waals surface area contributed by atoms with E-state index >= 15 is 0 Å². The van der Waals surface area contributed by atoms with Crippen molar-refractivity contribution in [2.75, 3.05) is 27.7 Å². The van der Waals surface area contributed by atoms with E-state index in [2.05, 4.69) is 50.3 Å². The van der Waals surface area contributed by atoms with Gasteiger partial charge >= 0.3 is 0 Å². The van der Waals surface area contributed by atoms with Gasteiger partial charge in [-0.2, -0.15) is 0 Å². The maximum absolute atomic E-state index is 5.17. The van der Waals surface area contributed by atoms with Crippen LogP contribution in [0.1, 0.15) is 25.8 Å². The molecule has 3 nitrogen and oxygen atoms in total. The van der Waals surface area contributed by atoms with Crippen LogP contribution in [0.25, 0.3) is 0 Å².